The lowest BCUT2D eigenvalue weighted by Crippen LogP contribution is -2.43. The number of benzene rings is 1. The van der Waals surface area contributed by atoms with Crippen molar-refractivity contribution in [2.24, 2.45) is 0 Å². The van der Waals surface area contributed by atoms with E-state index in [0.717, 1.165) is 11.1 Å². The molecule has 0 bridgehead atoms. The molecule has 1 aromatic rings. The van der Waals surface area contributed by atoms with Gasteiger partial charge in [-0.05, 0) is 17.5 Å². The van der Waals surface area contributed by atoms with Crippen molar-refractivity contribution in [3.8, 4) is 0 Å². The van der Waals surface area contributed by atoms with Gasteiger partial charge in [-0.15, -0.1) is 0 Å². The highest BCUT2D eigenvalue weighted by atomic mass is 16.5. The van der Waals surface area contributed by atoms with Crippen LogP contribution in [0.3, 0.4) is 0 Å². The van der Waals surface area contributed by atoms with Crippen molar-refractivity contribution in [1.29, 1.82) is 0 Å². The second-order valence-corrected chi connectivity index (χ2v) is 4.32. The molecule has 0 aliphatic heterocycles. The fourth-order valence-electron chi connectivity index (χ4n) is 1.71. The van der Waals surface area contributed by atoms with Crippen molar-refractivity contribution in [1.82, 2.24) is 10.6 Å². The van der Waals surface area contributed by atoms with Crippen LogP contribution in [0.5, 0.6) is 0 Å². The smallest absolute Gasteiger partial charge is 0.315 e. The van der Waals surface area contributed by atoms with Gasteiger partial charge < -0.3 is 20.5 Å². The second-order valence-electron chi connectivity index (χ2n) is 4.32. The van der Waals surface area contributed by atoms with Gasteiger partial charge in [0.1, 0.15) is 0 Å². The molecule has 106 valence electrons. The highest BCUT2D eigenvalue weighted by Crippen LogP contribution is 2.09. The first-order valence-corrected chi connectivity index (χ1v) is 6.42. The molecule has 0 fully saturated rings. The normalized spacial score (nSPS) is 11.9. The molecule has 2 amide bonds. The Hall–Kier alpha value is -1.59. The van der Waals surface area contributed by atoms with Crippen LogP contribution in [-0.2, 0) is 17.9 Å². The van der Waals surface area contributed by atoms with Gasteiger partial charge in [-0.3, -0.25) is 0 Å². The lowest BCUT2D eigenvalue weighted by Gasteiger charge is -2.15. The van der Waals surface area contributed by atoms with Gasteiger partial charge >= 0.3 is 6.03 Å². The van der Waals surface area contributed by atoms with Crippen LogP contribution in [0.2, 0.25) is 0 Å². The van der Waals surface area contributed by atoms with E-state index in [0.29, 0.717) is 19.6 Å². The first-order chi connectivity index (χ1) is 9.21. The van der Waals surface area contributed by atoms with Gasteiger partial charge in [0, 0.05) is 13.7 Å². The van der Waals surface area contributed by atoms with Gasteiger partial charge in [-0.2, -0.15) is 0 Å². The summed E-state index contributed by atoms with van der Waals surface area (Å²) in [5.41, 5.74) is 2.08. The average molecular weight is 266 g/mol. The van der Waals surface area contributed by atoms with Crippen molar-refractivity contribution in [2.45, 2.75) is 32.5 Å². The third-order valence-electron chi connectivity index (χ3n) is 2.91. The highest BCUT2D eigenvalue weighted by Gasteiger charge is 2.09. The number of amides is 2. The number of carbonyl (C=O) groups excluding carboxylic acids is 1. The van der Waals surface area contributed by atoms with Gasteiger partial charge in [-0.1, -0.05) is 31.2 Å². The summed E-state index contributed by atoms with van der Waals surface area (Å²) in [6.07, 6.45) is 0.699. The van der Waals surface area contributed by atoms with E-state index >= 15 is 0 Å². The highest BCUT2D eigenvalue weighted by molar-refractivity contribution is 5.74. The molecule has 5 heteroatoms. The number of nitrogens with one attached hydrogen (secondary N) is 2. The van der Waals surface area contributed by atoms with E-state index < -0.39 is 0 Å². The van der Waals surface area contributed by atoms with Crippen LogP contribution in [0.15, 0.2) is 24.3 Å². The minimum absolute atomic E-state index is 0.0514. The number of rotatable bonds is 7. The largest absolute Gasteiger partial charge is 0.394 e. The van der Waals surface area contributed by atoms with Gasteiger partial charge in [0.25, 0.3) is 0 Å². The Bertz CT molecular complexity index is 392. The van der Waals surface area contributed by atoms with Gasteiger partial charge in [0.2, 0.25) is 0 Å². The van der Waals surface area contributed by atoms with Gasteiger partial charge in [0.15, 0.2) is 0 Å². The van der Waals surface area contributed by atoms with Crippen molar-refractivity contribution in [2.75, 3.05) is 13.7 Å². The summed E-state index contributed by atoms with van der Waals surface area (Å²) in [6, 6.07) is 7.33. The Balaban J connectivity index is 2.50. The van der Waals surface area contributed by atoms with Gasteiger partial charge in [0.05, 0.1) is 19.3 Å². The van der Waals surface area contributed by atoms with E-state index in [1.165, 1.54) is 0 Å². The lowest BCUT2D eigenvalue weighted by atomic mass is 10.1. The summed E-state index contributed by atoms with van der Waals surface area (Å²) < 4.78 is 5.11. The molecule has 1 atom stereocenters. The zero-order chi connectivity index (χ0) is 14.1. The molecule has 0 radical (unpaired) electrons. The number of urea groups is 1. The molecule has 0 aliphatic carbocycles. The summed E-state index contributed by atoms with van der Waals surface area (Å²) in [4.78, 5) is 11.6. The van der Waals surface area contributed by atoms with E-state index in [2.05, 4.69) is 10.6 Å². The Labute approximate surface area is 114 Å². The first kappa shape index (κ1) is 15.5. The Kier molecular flexibility index (Phi) is 6.92. The number of aliphatic hydroxyl groups is 1. The zero-order valence-electron chi connectivity index (χ0n) is 11.5. The molecule has 1 unspecified atom stereocenters. The number of aliphatic hydroxyl groups excluding tert-OH is 1. The van der Waals surface area contributed by atoms with Gasteiger partial charge in [-0.25, -0.2) is 4.79 Å². The van der Waals surface area contributed by atoms with Crippen molar-refractivity contribution >= 4 is 6.03 Å². The first-order valence-electron chi connectivity index (χ1n) is 6.42. The van der Waals surface area contributed by atoms with Crippen LogP contribution >= 0.6 is 0 Å². The lowest BCUT2D eigenvalue weighted by molar-refractivity contribution is 0.184. The SMILES string of the molecule is CCC(CO)NC(=O)NCc1ccccc1COC. The second kappa shape index (κ2) is 8.50. The molecular weight excluding hydrogens is 244 g/mol. The van der Waals surface area contributed by atoms with E-state index in [1.807, 2.05) is 31.2 Å². The van der Waals surface area contributed by atoms with Crippen LogP contribution in [0.4, 0.5) is 4.79 Å². The molecular formula is C14H22N2O3. The number of carbonyl (C=O) groups is 1. The third-order valence-corrected chi connectivity index (χ3v) is 2.91. The van der Waals surface area contributed by atoms with Crippen LogP contribution < -0.4 is 10.6 Å². The molecule has 1 aromatic carbocycles. The topological polar surface area (TPSA) is 70.6 Å². The summed E-state index contributed by atoms with van der Waals surface area (Å²) in [6.45, 7) is 2.82. The summed E-state index contributed by atoms with van der Waals surface area (Å²) in [5.74, 6) is 0. The Morgan fingerprint density at radius 3 is 2.63 bits per heavy atom. The summed E-state index contributed by atoms with van der Waals surface area (Å²) in [5, 5.41) is 14.5. The monoisotopic (exact) mass is 266 g/mol. The summed E-state index contributed by atoms with van der Waals surface area (Å²) in [7, 11) is 1.64. The van der Waals surface area contributed by atoms with Crippen molar-refractivity contribution in [3.05, 3.63) is 35.4 Å². The molecule has 0 saturated carbocycles. The van der Waals surface area contributed by atoms with Crippen LogP contribution in [0, 0.1) is 0 Å². The summed E-state index contributed by atoms with van der Waals surface area (Å²) >= 11 is 0. The molecule has 3 N–H and O–H groups in total. The van der Waals surface area contributed by atoms with Crippen LogP contribution in [0.25, 0.3) is 0 Å². The predicted molar refractivity (Wildman–Crippen MR) is 73.7 cm³/mol. The van der Waals surface area contributed by atoms with E-state index in [1.54, 1.807) is 7.11 Å². The van der Waals surface area contributed by atoms with Crippen molar-refractivity contribution < 1.29 is 14.6 Å². The van der Waals surface area contributed by atoms with Crippen LogP contribution in [-0.4, -0.2) is 30.9 Å². The minimum atomic E-state index is -0.270. The average Bonchev–Trinajstić information content (AvgIpc) is 2.44. The number of hydrogen-bond donors (Lipinski definition) is 3. The Morgan fingerprint density at radius 1 is 1.37 bits per heavy atom. The minimum Gasteiger partial charge on any atom is -0.394 e. The number of ether oxygens (including phenoxy) is 1. The molecule has 0 aliphatic rings. The molecule has 0 heterocycles. The standard InChI is InChI=1S/C14H22N2O3/c1-3-13(9-17)16-14(18)15-8-11-6-4-5-7-12(11)10-19-2/h4-7,13,17H,3,8-10H2,1-2H3,(H2,15,16,18). The van der Waals surface area contributed by atoms with E-state index in [9.17, 15) is 4.79 Å². The fourth-order valence-corrected chi connectivity index (χ4v) is 1.71. The predicted octanol–water partition coefficient (Wildman–Crippen LogP) is 1.40. The third kappa shape index (κ3) is 5.28. The molecule has 0 saturated heterocycles. The molecule has 0 aromatic heterocycles. The maximum absolute atomic E-state index is 11.6. The molecule has 5 nitrogen and oxygen atoms in total. The fraction of sp³-hybridized carbons (Fsp3) is 0.500. The van der Waals surface area contributed by atoms with E-state index in [4.69, 9.17) is 9.84 Å². The van der Waals surface area contributed by atoms with E-state index in [-0.39, 0.29) is 18.7 Å². The number of methoxy groups -OCH3 is 1. The maximum Gasteiger partial charge on any atom is 0.315 e. The van der Waals surface area contributed by atoms with Crippen molar-refractivity contribution in [3.63, 3.8) is 0 Å². The zero-order valence-corrected chi connectivity index (χ0v) is 11.5. The molecule has 19 heavy (non-hydrogen) atoms. The number of hydrogen-bond acceptors (Lipinski definition) is 3. The quantitative estimate of drug-likeness (QED) is 0.698. The maximum atomic E-state index is 11.6. The molecule has 0 spiro atoms. The van der Waals surface area contributed by atoms with Crippen LogP contribution in [0.1, 0.15) is 24.5 Å². The molecule has 1 rings (SSSR count). The Morgan fingerprint density at radius 2 is 2.05 bits per heavy atom.